The van der Waals surface area contributed by atoms with Gasteiger partial charge in [-0.2, -0.15) is 0 Å². The van der Waals surface area contributed by atoms with Gasteiger partial charge in [0.2, 0.25) is 0 Å². The number of carboxylic acid groups (broad SMARTS) is 1. The Balaban J connectivity index is 1.78. The van der Waals surface area contributed by atoms with Crippen LogP contribution in [0.1, 0.15) is 31.2 Å². The quantitative estimate of drug-likeness (QED) is 0.911. The first-order chi connectivity index (χ1) is 10.2. The Morgan fingerprint density at radius 1 is 1.14 bits per heavy atom. The zero-order valence-corrected chi connectivity index (χ0v) is 12.1. The maximum Gasteiger partial charge on any atom is 0.310 e. The molecule has 0 heterocycles. The number of carboxylic acids is 1. The summed E-state index contributed by atoms with van der Waals surface area (Å²) in [5.74, 6) is 0.433. The van der Waals surface area contributed by atoms with Gasteiger partial charge >= 0.3 is 5.97 Å². The van der Waals surface area contributed by atoms with Gasteiger partial charge in [0.25, 0.3) is 0 Å². The molecule has 2 bridgehead atoms. The molecular weight excluding hydrogens is 260 g/mol. The van der Waals surface area contributed by atoms with E-state index in [-0.39, 0.29) is 0 Å². The molecule has 2 fully saturated rings. The van der Waals surface area contributed by atoms with E-state index in [0.29, 0.717) is 18.3 Å². The summed E-state index contributed by atoms with van der Waals surface area (Å²) in [5.41, 5.74) is 0.676. The molecule has 2 saturated carbocycles. The van der Waals surface area contributed by atoms with Crippen molar-refractivity contribution in [2.24, 2.45) is 17.3 Å². The van der Waals surface area contributed by atoms with E-state index in [0.717, 1.165) is 19.3 Å². The monoisotopic (exact) mass is 280 g/mol. The first-order valence-corrected chi connectivity index (χ1v) is 7.89. The van der Waals surface area contributed by atoms with Gasteiger partial charge < -0.3 is 5.11 Å². The number of hydrogen-bond acceptors (Lipinski definition) is 1. The SMILES string of the molecule is O=C(O)C1(Cc2cccc3ccccc23)CC2CCC1C2. The summed E-state index contributed by atoms with van der Waals surface area (Å²) in [6.07, 6.45) is 5.01. The summed E-state index contributed by atoms with van der Waals surface area (Å²) in [7, 11) is 0. The van der Waals surface area contributed by atoms with Crippen LogP contribution in [0.5, 0.6) is 0 Å². The maximum atomic E-state index is 12.1. The van der Waals surface area contributed by atoms with Crippen molar-refractivity contribution in [2.45, 2.75) is 32.1 Å². The Morgan fingerprint density at radius 2 is 1.95 bits per heavy atom. The van der Waals surface area contributed by atoms with Gasteiger partial charge in [-0.3, -0.25) is 4.79 Å². The molecule has 2 heteroatoms. The van der Waals surface area contributed by atoms with Gasteiger partial charge in [-0.1, -0.05) is 48.9 Å². The second kappa shape index (κ2) is 4.59. The van der Waals surface area contributed by atoms with E-state index >= 15 is 0 Å². The number of aliphatic carboxylic acids is 1. The third-order valence-electron chi connectivity index (χ3n) is 5.79. The van der Waals surface area contributed by atoms with E-state index in [1.165, 1.54) is 22.8 Å². The van der Waals surface area contributed by atoms with Crippen molar-refractivity contribution in [2.75, 3.05) is 0 Å². The number of fused-ring (bicyclic) bond motifs is 3. The Morgan fingerprint density at radius 3 is 2.67 bits per heavy atom. The highest BCUT2D eigenvalue weighted by Crippen LogP contribution is 2.57. The van der Waals surface area contributed by atoms with Crippen molar-refractivity contribution in [3.8, 4) is 0 Å². The van der Waals surface area contributed by atoms with Crippen molar-refractivity contribution in [3.63, 3.8) is 0 Å². The highest BCUT2D eigenvalue weighted by molar-refractivity contribution is 5.86. The van der Waals surface area contributed by atoms with Gasteiger partial charge in [0.05, 0.1) is 5.41 Å². The molecule has 2 nitrogen and oxygen atoms in total. The van der Waals surface area contributed by atoms with Crippen LogP contribution >= 0.6 is 0 Å². The lowest BCUT2D eigenvalue weighted by Gasteiger charge is -2.34. The van der Waals surface area contributed by atoms with Gasteiger partial charge in [0, 0.05) is 0 Å². The average molecular weight is 280 g/mol. The van der Waals surface area contributed by atoms with E-state index in [2.05, 4.69) is 30.3 Å². The first kappa shape index (κ1) is 12.9. The van der Waals surface area contributed by atoms with Crippen LogP contribution in [0.15, 0.2) is 42.5 Å². The summed E-state index contributed by atoms with van der Waals surface area (Å²) in [6.45, 7) is 0. The summed E-state index contributed by atoms with van der Waals surface area (Å²) >= 11 is 0. The van der Waals surface area contributed by atoms with E-state index in [1.54, 1.807) is 0 Å². The van der Waals surface area contributed by atoms with Gasteiger partial charge in [0.1, 0.15) is 0 Å². The Hall–Kier alpha value is -1.83. The van der Waals surface area contributed by atoms with Gasteiger partial charge in [-0.25, -0.2) is 0 Å². The molecule has 108 valence electrons. The van der Waals surface area contributed by atoms with Crippen LogP contribution < -0.4 is 0 Å². The van der Waals surface area contributed by atoms with Crippen molar-refractivity contribution in [1.82, 2.24) is 0 Å². The minimum Gasteiger partial charge on any atom is -0.481 e. The molecule has 0 radical (unpaired) electrons. The third-order valence-corrected chi connectivity index (χ3v) is 5.79. The van der Waals surface area contributed by atoms with Crippen molar-refractivity contribution in [3.05, 3.63) is 48.0 Å². The van der Waals surface area contributed by atoms with Crippen LogP contribution in [-0.2, 0) is 11.2 Å². The molecule has 0 aromatic heterocycles. The lowest BCUT2D eigenvalue weighted by atomic mass is 9.69. The van der Waals surface area contributed by atoms with Crippen LogP contribution in [0.3, 0.4) is 0 Å². The molecule has 0 aliphatic heterocycles. The first-order valence-electron chi connectivity index (χ1n) is 7.89. The molecule has 3 atom stereocenters. The minimum absolute atomic E-state index is 0.374. The number of benzene rings is 2. The molecule has 2 aromatic carbocycles. The molecule has 0 spiro atoms. The van der Waals surface area contributed by atoms with E-state index in [9.17, 15) is 9.90 Å². The smallest absolute Gasteiger partial charge is 0.310 e. The summed E-state index contributed by atoms with van der Waals surface area (Å²) < 4.78 is 0. The Bertz CT molecular complexity index is 700. The van der Waals surface area contributed by atoms with Gasteiger partial charge in [0.15, 0.2) is 0 Å². The molecule has 1 N–H and O–H groups in total. The average Bonchev–Trinajstić information content (AvgIpc) is 3.09. The molecule has 0 amide bonds. The zero-order valence-electron chi connectivity index (χ0n) is 12.1. The third kappa shape index (κ3) is 1.89. The Labute approximate surface area is 124 Å². The fourth-order valence-corrected chi connectivity index (χ4v) is 4.78. The van der Waals surface area contributed by atoms with Gasteiger partial charge in [-0.15, -0.1) is 0 Å². The lowest BCUT2D eigenvalue weighted by Crippen LogP contribution is -2.38. The topological polar surface area (TPSA) is 37.3 Å². The number of hydrogen-bond donors (Lipinski definition) is 1. The molecule has 21 heavy (non-hydrogen) atoms. The molecule has 0 saturated heterocycles. The van der Waals surface area contributed by atoms with Crippen molar-refractivity contribution >= 4 is 16.7 Å². The number of rotatable bonds is 3. The highest BCUT2D eigenvalue weighted by Gasteiger charge is 2.55. The fraction of sp³-hybridized carbons (Fsp3) is 0.421. The summed E-state index contributed by atoms with van der Waals surface area (Å²) in [6, 6.07) is 14.6. The van der Waals surface area contributed by atoms with Gasteiger partial charge in [-0.05, 0) is 53.9 Å². The summed E-state index contributed by atoms with van der Waals surface area (Å²) in [4.78, 5) is 12.1. The lowest BCUT2D eigenvalue weighted by molar-refractivity contribution is -0.152. The zero-order chi connectivity index (χ0) is 14.4. The normalized spacial score (nSPS) is 30.9. The molecular formula is C19H20O2. The van der Waals surface area contributed by atoms with Crippen molar-refractivity contribution < 1.29 is 9.90 Å². The van der Waals surface area contributed by atoms with Crippen LogP contribution in [0.4, 0.5) is 0 Å². The van der Waals surface area contributed by atoms with Crippen molar-refractivity contribution in [1.29, 1.82) is 0 Å². The van der Waals surface area contributed by atoms with E-state index < -0.39 is 11.4 Å². The molecule has 2 aromatic rings. The highest BCUT2D eigenvalue weighted by atomic mass is 16.4. The predicted octanol–water partition coefficient (Wildman–Crippen LogP) is 4.27. The van der Waals surface area contributed by atoms with E-state index in [1.807, 2.05) is 12.1 Å². The van der Waals surface area contributed by atoms with Crippen LogP contribution in [-0.4, -0.2) is 11.1 Å². The molecule has 3 unspecified atom stereocenters. The molecule has 2 aliphatic carbocycles. The maximum absolute atomic E-state index is 12.1. The van der Waals surface area contributed by atoms with E-state index in [4.69, 9.17) is 0 Å². The predicted molar refractivity (Wildman–Crippen MR) is 83.2 cm³/mol. The molecule has 2 aliphatic rings. The largest absolute Gasteiger partial charge is 0.481 e. The fourth-order valence-electron chi connectivity index (χ4n) is 4.78. The Kier molecular flexibility index (Phi) is 2.81. The van der Waals surface area contributed by atoms with Crippen LogP contribution in [0.2, 0.25) is 0 Å². The summed E-state index contributed by atoms with van der Waals surface area (Å²) in [5, 5.41) is 12.3. The van der Waals surface area contributed by atoms with Crippen LogP contribution in [0, 0.1) is 17.3 Å². The van der Waals surface area contributed by atoms with Crippen LogP contribution in [0.25, 0.3) is 10.8 Å². The molecule has 4 rings (SSSR count). The second-order valence-corrected chi connectivity index (χ2v) is 6.86. The minimum atomic E-state index is -0.581. The number of carbonyl (C=O) groups is 1. The standard InChI is InChI=1S/C19H20O2/c20-18(21)19(11-13-8-9-16(19)10-13)12-15-6-3-5-14-4-1-2-7-17(14)15/h1-7,13,16H,8-12H2,(H,20,21). The second-order valence-electron chi connectivity index (χ2n) is 6.86.